The van der Waals surface area contributed by atoms with Crippen LogP contribution in [-0.4, -0.2) is 5.91 Å². The maximum Gasteiger partial charge on any atom is 0.248 e. The minimum atomic E-state index is -0.676. The Bertz CT molecular complexity index is 736. The number of carbonyl (C=O) groups excluding carboxylic acids is 1. The maximum absolute atomic E-state index is 13.4. The Morgan fingerprint density at radius 2 is 1.95 bits per heavy atom. The fraction of sp³-hybridized carbons (Fsp3) is 0.133. The number of fused-ring (bicyclic) bond motifs is 1. The van der Waals surface area contributed by atoms with Crippen molar-refractivity contribution < 1.29 is 9.18 Å². The summed E-state index contributed by atoms with van der Waals surface area (Å²) >= 11 is 6.76. The molecule has 1 aliphatic rings. The van der Waals surface area contributed by atoms with Crippen molar-refractivity contribution in [2.75, 3.05) is 4.90 Å². The molecule has 2 aromatic rings. The molecule has 0 aromatic heterocycles. The third-order valence-electron chi connectivity index (χ3n) is 3.48. The van der Waals surface area contributed by atoms with E-state index in [1.54, 1.807) is 11.0 Å². The van der Waals surface area contributed by atoms with Crippen molar-refractivity contribution in [2.45, 2.75) is 12.6 Å². The molecule has 2 aromatic carbocycles. The quantitative estimate of drug-likeness (QED) is 0.811. The first kappa shape index (κ1) is 14.7. The van der Waals surface area contributed by atoms with Crippen LogP contribution >= 0.6 is 31.9 Å². The molecule has 2 N–H and O–H groups in total. The Morgan fingerprint density at radius 1 is 1.19 bits per heavy atom. The van der Waals surface area contributed by atoms with Crippen LogP contribution in [0.15, 0.2) is 45.3 Å². The van der Waals surface area contributed by atoms with Gasteiger partial charge in [0.05, 0.1) is 6.54 Å². The van der Waals surface area contributed by atoms with Gasteiger partial charge < -0.3 is 10.6 Å². The van der Waals surface area contributed by atoms with Gasteiger partial charge >= 0.3 is 0 Å². The second-order valence-corrected chi connectivity index (χ2v) is 6.61. The van der Waals surface area contributed by atoms with Crippen molar-refractivity contribution in [2.24, 2.45) is 5.73 Å². The molecule has 0 bridgehead atoms. The Balaban J connectivity index is 2.00. The SMILES string of the molecule is NC1C(=O)N(Cc2cc(F)ccc2Br)c2ccc(Br)cc21. The smallest absolute Gasteiger partial charge is 0.248 e. The van der Waals surface area contributed by atoms with E-state index in [1.807, 2.05) is 18.2 Å². The monoisotopic (exact) mass is 412 g/mol. The highest BCUT2D eigenvalue weighted by atomic mass is 79.9. The van der Waals surface area contributed by atoms with Gasteiger partial charge in [-0.2, -0.15) is 0 Å². The van der Waals surface area contributed by atoms with Gasteiger partial charge in [0.2, 0.25) is 5.91 Å². The minimum Gasteiger partial charge on any atom is -0.316 e. The van der Waals surface area contributed by atoms with Crippen molar-refractivity contribution in [3.63, 3.8) is 0 Å². The molecule has 1 atom stereocenters. The lowest BCUT2D eigenvalue weighted by molar-refractivity contribution is -0.119. The summed E-state index contributed by atoms with van der Waals surface area (Å²) < 4.78 is 15.0. The topological polar surface area (TPSA) is 46.3 Å². The van der Waals surface area contributed by atoms with Crippen LogP contribution in [-0.2, 0) is 11.3 Å². The third-order valence-corrected chi connectivity index (χ3v) is 4.75. The summed E-state index contributed by atoms with van der Waals surface area (Å²) in [6, 6.07) is 9.29. The number of halogens is 3. The number of anilines is 1. The third kappa shape index (κ3) is 2.63. The van der Waals surface area contributed by atoms with Gasteiger partial charge in [-0.1, -0.05) is 31.9 Å². The van der Waals surface area contributed by atoms with Gasteiger partial charge in [0.1, 0.15) is 11.9 Å². The fourth-order valence-corrected chi connectivity index (χ4v) is 3.19. The van der Waals surface area contributed by atoms with Crippen molar-refractivity contribution in [1.82, 2.24) is 0 Å². The molecule has 3 rings (SSSR count). The van der Waals surface area contributed by atoms with Gasteiger partial charge in [-0.3, -0.25) is 4.79 Å². The lowest BCUT2D eigenvalue weighted by atomic mass is 10.1. The van der Waals surface area contributed by atoms with Gasteiger partial charge in [-0.25, -0.2) is 4.39 Å². The number of nitrogens with two attached hydrogens (primary N) is 1. The number of carbonyl (C=O) groups is 1. The second-order valence-electron chi connectivity index (χ2n) is 4.84. The summed E-state index contributed by atoms with van der Waals surface area (Å²) in [6.45, 7) is 0.277. The summed E-state index contributed by atoms with van der Waals surface area (Å²) in [5, 5.41) is 0. The number of hydrogen-bond acceptors (Lipinski definition) is 2. The van der Waals surface area contributed by atoms with Gasteiger partial charge in [0.15, 0.2) is 0 Å². The summed E-state index contributed by atoms with van der Waals surface area (Å²) in [5.74, 6) is -0.514. The van der Waals surface area contributed by atoms with E-state index >= 15 is 0 Å². The molecule has 0 saturated heterocycles. The lowest BCUT2D eigenvalue weighted by Crippen LogP contribution is -2.31. The molecule has 108 valence electrons. The molecule has 1 aliphatic heterocycles. The number of rotatable bonds is 2. The van der Waals surface area contributed by atoms with Crippen LogP contribution in [0.3, 0.4) is 0 Å². The van der Waals surface area contributed by atoms with E-state index in [2.05, 4.69) is 31.9 Å². The average Bonchev–Trinajstić information content (AvgIpc) is 2.68. The summed E-state index contributed by atoms with van der Waals surface area (Å²) in [6.07, 6.45) is 0. The molecule has 1 unspecified atom stereocenters. The van der Waals surface area contributed by atoms with E-state index in [-0.39, 0.29) is 18.3 Å². The van der Waals surface area contributed by atoms with Gasteiger partial charge in [-0.15, -0.1) is 0 Å². The normalized spacial score (nSPS) is 17.2. The fourth-order valence-electron chi connectivity index (χ4n) is 2.44. The van der Waals surface area contributed by atoms with E-state index in [0.717, 1.165) is 20.2 Å². The first-order chi connectivity index (χ1) is 9.97. The van der Waals surface area contributed by atoms with Crippen LogP contribution < -0.4 is 10.6 Å². The first-order valence-corrected chi connectivity index (χ1v) is 7.86. The van der Waals surface area contributed by atoms with Gasteiger partial charge in [0, 0.05) is 20.2 Å². The van der Waals surface area contributed by atoms with Crippen molar-refractivity contribution in [3.8, 4) is 0 Å². The lowest BCUT2D eigenvalue weighted by Gasteiger charge is -2.18. The predicted molar refractivity (Wildman–Crippen MR) is 86.4 cm³/mol. The standard InChI is InChI=1S/C15H11Br2FN2O/c16-9-1-4-13-11(6-9)14(19)15(21)20(13)7-8-5-10(18)2-3-12(8)17/h1-6,14H,7,19H2. The highest BCUT2D eigenvalue weighted by Crippen LogP contribution is 2.37. The van der Waals surface area contributed by atoms with Gasteiger partial charge in [-0.05, 0) is 42.0 Å². The van der Waals surface area contributed by atoms with Crippen LogP contribution in [0.1, 0.15) is 17.2 Å². The van der Waals surface area contributed by atoms with E-state index in [4.69, 9.17) is 5.73 Å². The number of nitrogens with zero attached hydrogens (tertiary/aromatic N) is 1. The zero-order valence-corrected chi connectivity index (χ0v) is 14.0. The molecule has 1 heterocycles. The molecule has 0 saturated carbocycles. The van der Waals surface area contributed by atoms with Gasteiger partial charge in [0.25, 0.3) is 0 Å². The molecule has 0 spiro atoms. The predicted octanol–water partition coefficient (Wildman–Crippen LogP) is 3.90. The van der Waals surface area contributed by atoms with Crippen LogP contribution in [0, 0.1) is 5.82 Å². The Morgan fingerprint density at radius 3 is 2.71 bits per heavy atom. The van der Waals surface area contributed by atoms with Crippen molar-refractivity contribution in [1.29, 1.82) is 0 Å². The molecule has 6 heteroatoms. The van der Waals surface area contributed by atoms with Crippen molar-refractivity contribution in [3.05, 3.63) is 62.3 Å². The zero-order valence-electron chi connectivity index (χ0n) is 10.8. The van der Waals surface area contributed by atoms with E-state index in [1.165, 1.54) is 12.1 Å². The summed E-state index contributed by atoms with van der Waals surface area (Å²) in [5.41, 5.74) is 8.22. The van der Waals surface area contributed by atoms with Crippen LogP contribution in [0.25, 0.3) is 0 Å². The maximum atomic E-state index is 13.4. The second kappa shape index (κ2) is 5.51. The Labute approximate surface area is 138 Å². The Kier molecular flexibility index (Phi) is 3.86. The molecule has 0 fully saturated rings. The molecule has 0 aliphatic carbocycles. The molecular formula is C15H11Br2FN2O. The van der Waals surface area contributed by atoms with Crippen LogP contribution in [0.5, 0.6) is 0 Å². The molecule has 0 radical (unpaired) electrons. The largest absolute Gasteiger partial charge is 0.316 e. The Hall–Kier alpha value is -1.24. The zero-order chi connectivity index (χ0) is 15.1. The number of hydrogen-bond donors (Lipinski definition) is 1. The van der Waals surface area contributed by atoms with E-state index in [0.29, 0.717) is 5.56 Å². The minimum absolute atomic E-state index is 0.181. The van der Waals surface area contributed by atoms with Crippen molar-refractivity contribution >= 4 is 43.5 Å². The first-order valence-electron chi connectivity index (χ1n) is 6.27. The number of amides is 1. The van der Waals surface area contributed by atoms with Crippen LogP contribution in [0.4, 0.5) is 10.1 Å². The molecule has 1 amide bonds. The van der Waals surface area contributed by atoms with E-state index in [9.17, 15) is 9.18 Å². The molecule has 21 heavy (non-hydrogen) atoms. The highest BCUT2D eigenvalue weighted by molar-refractivity contribution is 9.10. The molecule has 3 nitrogen and oxygen atoms in total. The molecular weight excluding hydrogens is 403 g/mol. The summed E-state index contributed by atoms with van der Waals surface area (Å²) in [4.78, 5) is 13.9. The highest BCUT2D eigenvalue weighted by Gasteiger charge is 2.35. The average molecular weight is 414 g/mol. The van der Waals surface area contributed by atoms with Crippen LogP contribution in [0.2, 0.25) is 0 Å². The van der Waals surface area contributed by atoms with E-state index < -0.39 is 6.04 Å². The number of benzene rings is 2. The summed E-state index contributed by atoms with van der Waals surface area (Å²) in [7, 11) is 0.